The monoisotopic (exact) mass is 514 g/mol. The Kier molecular flexibility index (Phi) is 29.3. The predicted molar refractivity (Wildman–Crippen MR) is 157 cm³/mol. The van der Waals surface area contributed by atoms with E-state index >= 15 is 0 Å². The number of hydrogen-bond acceptors (Lipinski definition) is 4. The highest BCUT2D eigenvalue weighted by Crippen LogP contribution is 2.17. The van der Waals surface area contributed by atoms with Gasteiger partial charge in [0.05, 0.1) is 0 Å². The lowest BCUT2D eigenvalue weighted by Crippen LogP contribution is -1.97. The third kappa shape index (κ3) is 28.3. The van der Waals surface area contributed by atoms with Crippen LogP contribution >= 0.6 is 23.5 Å². The molecule has 0 N–H and O–H groups in total. The summed E-state index contributed by atoms with van der Waals surface area (Å²) >= 11 is 3.03. The van der Waals surface area contributed by atoms with E-state index in [4.69, 9.17) is 0 Å². The molecule has 0 aliphatic heterocycles. The van der Waals surface area contributed by atoms with Crippen LogP contribution in [0.25, 0.3) is 0 Å². The molecule has 4 heteroatoms. The van der Waals surface area contributed by atoms with Crippen molar-refractivity contribution in [2.45, 2.75) is 168 Å². The molecule has 0 bridgehead atoms. The van der Waals surface area contributed by atoms with Crippen LogP contribution in [-0.4, -0.2) is 21.7 Å². The highest BCUT2D eigenvalue weighted by atomic mass is 32.2. The second-order valence-electron chi connectivity index (χ2n) is 10.0. The molecule has 0 unspecified atom stereocenters. The molecule has 0 atom stereocenters. The summed E-state index contributed by atoms with van der Waals surface area (Å²) in [6, 6.07) is 0. The molecule has 0 aliphatic rings. The van der Waals surface area contributed by atoms with Crippen LogP contribution in [0.2, 0.25) is 0 Å². The van der Waals surface area contributed by atoms with Crippen molar-refractivity contribution < 1.29 is 9.59 Å². The van der Waals surface area contributed by atoms with Gasteiger partial charge in [0, 0.05) is 24.3 Å². The minimum Gasteiger partial charge on any atom is -0.287 e. The molecule has 0 heterocycles. The summed E-state index contributed by atoms with van der Waals surface area (Å²) in [5.41, 5.74) is 0. The number of carbonyl (C=O) groups excluding carboxylic acids is 2. The van der Waals surface area contributed by atoms with E-state index in [1.807, 2.05) is 0 Å². The fourth-order valence-electron chi connectivity index (χ4n) is 4.23. The van der Waals surface area contributed by atoms with Crippen molar-refractivity contribution in [1.82, 2.24) is 0 Å². The SMILES string of the molecule is CCCCCCCCCCCCSC(=O)CCCCC(=O)SCCCCCCCCCCCC. The third-order valence-electron chi connectivity index (χ3n) is 6.53. The first-order valence-electron chi connectivity index (χ1n) is 15.0. The molecular formula is C30H58O2S2. The molecule has 0 saturated carbocycles. The van der Waals surface area contributed by atoms with E-state index < -0.39 is 0 Å². The number of thioether (sulfide) groups is 2. The van der Waals surface area contributed by atoms with Gasteiger partial charge in [-0.3, -0.25) is 9.59 Å². The molecule has 0 fully saturated rings. The Morgan fingerprint density at radius 3 is 0.941 bits per heavy atom. The molecule has 0 rings (SSSR count). The molecule has 0 aromatic heterocycles. The summed E-state index contributed by atoms with van der Waals surface area (Å²) in [5, 5.41) is 0.641. The normalized spacial score (nSPS) is 11.2. The van der Waals surface area contributed by atoms with Crippen LogP contribution in [0.4, 0.5) is 0 Å². The zero-order valence-electron chi connectivity index (χ0n) is 23.0. The predicted octanol–water partition coefficient (Wildman–Crippen LogP) is 10.9. The van der Waals surface area contributed by atoms with E-state index in [1.165, 1.54) is 152 Å². The van der Waals surface area contributed by atoms with Gasteiger partial charge in [0.1, 0.15) is 0 Å². The molecule has 0 radical (unpaired) electrons. The molecule has 0 spiro atoms. The largest absolute Gasteiger partial charge is 0.287 e. The highest BCUT2D eigenvalue weighted by Gasteiger charge is 2.06. The molecule has 0 aliphatic carbocycles. The third-order valence-corrected chi connectivity index (χ3v) is 8.57. The van der Waals surface area contributed by atoms with Gasteiger partial charge in [0.25, 0.3) is 0 Å². The summed E-state index contributed by atoms with van der Waals surface area (Å²) in [5.74, 6) is 1.95. The van der Waals surface area contributed by atoms with Crippen LogP contribution in [0.5, 0.6) is 0 Å². The number of carbonyl (C=O) groups is 2. The fraction of sp³-hybridized carbons (Fsp3) is 0.933. The zero-order valence-corrected chi connectivity index (χ0v) is 24.7. The number of unbranched alkanes of at least 4 members (excludes halogenated alkanes) is 19. The van der Waals surface area contributed by atoms with E-state index in [9.17, 15) is 9.59 Å². The minimum atomic E-state index is 0.321. The van der Waals surface area contributed by atoms with Crippen molar-refractivity contribution in [2.24, 2.45) is 0 Å². The van der Waals surface area contributed by atoms with Gasteiger partial charge in [-0.25, -0.2) is 0 Å². The van der Waals surface area contributed by atoms with Crippen LogP contribution in [0.1, 0.15) is 168 Å². The smallest absolute Gasteiger partial charge is 0.188 e. The van der Waals surface area contributed by atoms with Crippen LogP contribution < -0.4 is 0 Å². The van der Waals surface area contributed by atoms with Gasteiger partial charge in [-0.2, -0.15) is 0 Å². The molecule has 0 aromatic rings. The quantitative estimate of drug-likeness (QED) is 0.102. The number of hydrogen-bond donors (Lipinski definition) is 0. The van der Waals surface area contributed by atoms with Gasteiger partial charge in [0.15, 0.2) is 10.2 Å². The maximum atomic E-state index is 12.0. The van der Waals surface area contributed by atoms with Gasteiger partial charge >= 0.3 is 0 Å². The maximum Gasteiger partial charge on any atom is 0.188 e. The van der Waals surface area contributed by atoms with Crippen molar-refractivity contribution in [3.8, 4) is 0 Å². The van der Waals surface area contributed by atoms with Gasteiger partial charge < -0.3 is 0 Å². The van der Waals surface area contributed by atoms with E-state index in [-0.39, 0.29) is 0 Å². The van der Waals surface area contributed by atoms with Crippen molar-refractivity contribution in [2.75, 3.05) is 11.5 Å². The fourth-order valence-corrected chi connectivity index (χ4v) is 5.96. The first-order chi connectivity index (χ1) is 16.7. The van der Waals surface area contributed by atoms with Gasteiger partial charge in [-0.15, -0.1) is 0 Å². The Morgan fingerprint density at radius 2 is 0.647 bits per heavy atom. The minimum absolute atomic E-state index is 0.321. The Labute approximate surface area is 222 Å². The Bertz CT molecular complexity index is 400. The van der Waals surface area contributed by atoms with Crippen molar-refractivity contribution in [1.29, 1.82) is 0 Å². The first-order valence-corrected chi connectivity index (χ1v) is 17.0. The second kappa shape index (κ2) is 29.3. The Balaban J connectivity index is 3.28. The van der Waals surface area contributed by atoms with Crippen LogP contribution in [0.3, 0.4) is 0 Å². The van der Waals surface area contributed by atoms with E-state index in [1.54, 1.807) is 0 Å². The van der Waals surface area contributed by atoms with Crippen LogP contribution in [0, 0.1) is 0 Å². The Morgan fingerprint density at radius 1 is 0.382 bits per heavy atom. The standard InChI is InChI=1S/C30H58O2S2/c1-3-5-7-9-11-13-15-17-19-23-27-33-29(31)25-21-22-26-30(32)34-28-24-20-18-16-14-12-10-8-6-4-2/h3-28H2,1-2H3. The second-order valence-corrected chi connectivity index (χ2v) is 12.3. The van der Waals surface area contributed by atoms with Gasteiger partial charge in [-0.05, 0) is 25.7 Å². The highest BCUT2D eigenvalue weighted by molar-refractivity contribution is 8.13. The lowest BCUT2D eigenvalue weighted by atomic mass is 10.1. The summed E-state index contributed by atoms with van der Waals surface area (Å²) in [6.45, 7) is 4.54. The summed E-state index contributed by atoms with van der Waals surface area (Å²) in [7, 11) is 0. The molecule has 202 valence electrons. The molecule has 0 saturated heterocycles. The zero-order chi connectivity index (χ0) is 25.0. The van der Waals surface area contributed by atoms with Crippen LogP contribution in [0.15, 0.2) is 0 Å². The average Bonchev–Trinajstić information content (AvgIpc) is 2.83. The lowest BCUT2D eigenvalue weighted by molar-refractivity contribution is -0.112. The molecular weight excluding hydrogens is 456 g/mol. The van der Waals surface area contributed by atoms with Crippen molar-refractivity contribution in [3.63, 3.8) is 0 Å². The molecule has 0 aromatic carbocycles. The maximum absolute atomic E-state index is 12.0. The van der Waals surface area contributed by atoms with Crippen molar-refractivity contribution in [3.05, 3.63) is 0 Å². The number of rotatable bonds is 27. The first kappa shape index (κ1) is 34.0. The Hall–Kier alpha value is 0.0400. The lowest BCUT2D eigenvalue weighted by Gasteiger charge is -2.04. The molecule has 0 amide bonds. The average molecular weight is 515 g/mol. The van der Waals surface area contributed by atoms with E-state index in [0.29, 0.717) is 23.1 Å². The molecule has 34 heavy (non-hydrogen) atoms. The topological polar surface area (TPSA) is 34.1 Å². The summed E-state index contributed by atoms with van der Waals surface area (Å²) in [4.78, 5) is 24.0. The van der Waals surface area contributed by atoms with Gasteiger partial charge in [0.2, 0.25) is 0 Å². The van der Waals surface area contributed by atoms with Gasteiger partial charge in [-0.1, -0.05) is 153 Å². The summed E-state index contributed by atoms with van der Waals surface area (Å²) < 4.78 is 0. The van der Waals surface area contributed by atoms with Crippen LogP contribution in [-0.2, 0) is 9.59 Å². The van der Waals surface area contributed by atoms with Crippen molar-refractivity contribution >= 4 is 33.8 Å². The van der Waals surface area contributed by atoms with E-state index in [2.05, 4.69) is 13.8 Å². The molecule has 2 nitrogen and oxygen atoms in total. The summed E-state index contributed by atoms with van der Waals surface area (Å²) in [6.07, 6.45) is 29.8. The van der Waals surface area contributed by atoms with E-state index in [0.717, 1.165) is 24.3 Å².